The molecule has 0 saturated carbocycles. The third-order valence-electron chi connectivity index (χ3n) is 3.92. The first-order valence-electron chi connectivity index (χ1n) is 7.78. The highest BCUT2D eigenvalue weighted by Crippen LogP contribution is 2.19. The fourth-order valence-corrected chi connectivity index (χ4v) is 2.59. The van der Waals surface area contributed by atoms with Crippen molar-refractivity contribution in [1.82, 2.24) is 10.2 Å². The van der Waals surface area contributed by atoms with Gasteiger partial charge in [-0.1, -0.05) is 13.8 Å². The van der Waals surface area contributed by atoms with Gasteiger partial charge in [-0.2, -0.15) is 0 Å². The second-order valence-corrected chi connectivity index (χ2v) is 6.13. The van der Waals surface area contributed by atoms with Gasteiger partial charge in [0.05, 0.1) is 0 Å². The van der Waals surface area contributed by atoms with Crippen LogP contribution in [0.5, 0.6) is 0 Å². The molecule has 7 heteroatoms. The van der Waals surface area contributed by atoms with E-state index in [1.165, 1.54) is 12.1 Å². The molecule has 0 radical (unpaired) electrons. The predicted molar refractivity (Wildman–Crippen MR) is 82.1 cm³/mol. The highest BCUT2D eigenvalue weighted by molar-refractivity contribution is 5.93. The molecule has 23 heavy (non-hydrogen) atoms. The smallest absolute Gasteiger partial charge is 0.371 e. The summed E-state index contributed by atoms with van der Waals surface area (Å²) in [7, 11) is 0. The van der Waals surface area contributed by atoms with Crippen LogP contribution in [0, 0.1) is 11.8 Å². The van der Waals surface area contributed by atoms with Gasteiger partial charge in [-0.25, -0.2) is 4.79 Å². The number of likely N-dealkylation sites (tertiary alicyclic amines) is 1. The zero-order valence-corrected chi connectivity index (χ0v) is 13.4. The van der Waals surface area contributed by atoms with E-state index in [0.717, 1.165) is 12.8 Å². The molecule has 1 aromatic rings. The van der Waals surface area contributed by atoms with Crippen molar-refractivity contribution in [1.29, 1.82) is 0 Å². The van der Waals surface area contributed by atoms with E-state index >= 15 is 0 Å². The van der Waals surface area contributed by atoms with E-state index in [1.54, 1.807) is 4.90 Å². The number of rotatable bonds is 5. The number of nitrogens with one attached hydrogen (secondary N) is 1. The number of hydrogen-bond acceptors (Lipinski definition) is 4. The van der Waals surface area contributed by atoms with Crippen LogP contribution in [-0.4, -0.2) is 47.4 Å². The van der Waals surface area contributed by atoms with Gasteiger partial charge in [-0.05, 0) is 30.9 Å². The van der Waals surface area contributed by atoms with Crippen LogP contribution in [0.25, 0.3) is 0 Å². The van der Waals surface area contributed by atoms with Gasteiger partial charge >= 0.3 is 5.97 Å². The van der Waals surface area contributed by atoms with Crippen LogP contribution in [0.4, 0.5) is 0 Å². The molecular weight excluding hydrogens is 300 g/mol. The Kier molecular flexibility index (Phi) is 5.41. The average Bonchev–Trinajstić information content (AvgIpc) is 3.02. The van der Waals surface area contributed by atoms with Gasteiger partial charge in [-0.15, -0.1) is 0 Å². The second kappa shape index (κ2) is 7.30. The molecular formula is C16H22N2O5. The van der Waals surface area contributed by atoms with Gasteiger partial charge < -0.3 is 19.7 Å². The van der Waals surface area contributed by atoms with Crippen molar-refractivity contribution in [2.24, 2.45) is 11.8 Å². The maximum Gasteiger partial charge on any atom is 0.371 e. The molecule has 2 rings (SSSR count). The minimum Gasteiger partial charge on any atom is -0.475 e. The molecule has 0 bridgehead atoms. The molecule has 1 aliphatic heterocycles. The third-order valence-corrected chi connectivity index (χ3v) is 3.92. The number of carboxylic acid groups (broad SMARTS) is 1. The van der Waals surface area contributed by atoms with Crippen molar-refractivity contribution in [3.63, 3.8) is 0 Å². The summed E-state index contributed by atoms with van der Waals surface area (Å²) in [5, 5.41) is 11.7. The number of carboxylic acids is 1. The normalized spacial score (nSPS) is 18.0. The maximum absolute atomic E-state index is 12.4. The summed E-state index contributed by atoms with van der Waals surface area (Å²) < 4.78 is 5.06. The van der Waals surface area contributed by atoms with Crippen molar-refractivity contribution in [3.8, 4) is 0 Å². The summed E-state index contributed by atoms with van der Waals surface area (Å²) in [5.74, 6) is -1.57. The lowest BCUT2D eigenvalue weighted by Gasteiger charge is -2.32. The van der Waals surface area contributed by atoms with E-state index < -0.39 is 5.97 Å². The zero-order valence-electron chi connectivity index (χ0n) is 13.4. The Labute approximate surface area is 134 Å². The van der Waals surface area contributed by atoms with Crippen LogP contribution in [0.3, 0.4) is 0 Å². The van der Waals surface area contributed by atoms with E-state index in [9.17, 15) is 14.4 Å². The molecule has 1 aliphatic rings. The Morgan fingerprint density at radius 1 is 1.35 bits per heavy atom. The van der Waals surface area contributed by atoms with Gasteiger partial charge in [0.25, 0.3) is 5.91 Å². The summed E-state index contributed by atoms with van der Waals surface area (Å²) in [6.45, 7) is 5.35. The van der Waals surface area contributed by atoms with Crippen molar-refractivity contribution in [3.05, 3.63) is 23.7 Å². The number of carbonyl (C=O) groups is 3. The number of amides is 2. The number of furan rings is 1. The van der Waals surface area contributed by atoms with E-state index in [0.29, 0.717) is 19.6 Å². The standard InChI is InChI=1S/C16H22N2O5/c1-10(2)14(19)17-8-11-4-3-7-18(9-11)15(20)12-5-6-13(23-12)16(21)22/h5-6,10-11H,3-4,7-9H2,1-2H3,(H,17,19)(H,21,22). The predicted octanol–water partition coefficient (Wildman–Crippen LogP) is 1.60. The monoisotopic (exact) mass is 322 g/mol. The molecule has 2 N–H and O–H groups in total. The van der Waals surface area contributed by atoms with Gasteiger partial charge in [0.1, 0.15) is 0 Å². The minimum absolute atomic E-state index is 0.00517. The van der Waals surface area contributed by atoms with Gasteiger partial charge in [0.2, 0.25) is 11.7 Å². The number of piperidine rings is 1. The number of nitrogens with zero attached hydrogens (tertiary/aromatic N) is 1. The van der Waals surface area contributed by atoms with Crippen LogP contribution in [-0.2, 0) is 4.79 Å². The SMILES string of the molecule is CC(C)C(=O)NCC1CCCN(C(=O)c2ccc(C(=O)O)o2)C1. The lowest BCUT2D eigenvalue weighted by Crippen LogP contribution is -2.44. The summed E-state index contributed by atoms with van der Waals surface area (Å²) in [4.78, 5) is 36.5. The fourth-order valence-electron chi connectivity index (χ4n) is 2.59. The van der Waals surface area contributed by atoms with Gasteiger partial charge in [0.15, 0.2) is 5.76 Å². The molecule has 2 heterocycles. The van der Waals surface area contributed by atoms with E-state index in [4.69, 9.17) is 9.52 Å². The van der Waals surface area contributed by atoms with E-state index in [-0.39, 0.29) is 35.2 Å². The lowest BCUT2D eigenvalue weighted by atomic mass is 9.97. The molecule has 0 spiro atoms. The summed E-state index contributed by atoms with van der Waals surface area (Å²) in [6.07, 6.45) is 1.79. The zero-order chi connectivity index (χ0) is 17.0. The topological polar surface area (TPSA) is 99.9 Å². The molecule has 7 nitrogen and oxygen atoms in total. The Balaban J connectivity index is 1.93. The molecule has 1 aromatic heterocycles. The van der Waals surface area contributed by atoms with Crippen molar-refractivity contribution >= 4 is 17.8 Å². The van der Waals surface area contributed by atoms with Crippen LogP contribution in [0.1, 0.15) is 47.8 Å². The van der Waals surface area contributed by atoms with Crippen LogP contribution < -0.4 is 5.32 Å². The first-order chi connectivity index (χ1) is 10.9. The Hall–Kier alpha value is -2.31. The molecule has 0 aliphatic carbocycles. The highest BCUT2D eigenvalue weighted by atomic mass is 16.4. The molecule has 0 aromatic carbocycles. The maximum atomic E-state index is 12.4. The van der Waals surface area contributed by atoms with Crippen LogP contribution in [0.2, 0.25) is 0 Å². The largest absolute Gasteiger partial charge is 0.475 e. The number of carbonyl (C=O) groups excluding carboxylic acids is 2. The average molecular weight is 322 g/mol. The Morgan fingerprint density at radius 2 is 2.04 bits per heavy atom. The summed E-state index contributed by atoms with van der Waals surface area (Å²) in [6, 6.07) is 2.66. The molecule has 126 valence electrons. The molecule has 1 fully saturated rings. The number of hydrogen-bond donors (Lipinski definition) is 2. The van der Waals surface area contributed by atoms with Crippen molar-refractivity contribution < 1.29 is 23.9 Å². The highest BCUT2D eigenvalue weighted by Gasteiger charge is 2.27. The first kappa shape index (κ1) is 17.1. The quantitative estimate of drug-likeness (QED) is 0.857. The third kappa shape index (κ3) is 4.34. The van der Waals surface area contributed by atoms with Gasteiger partial charge in [-0.3, -0.25) is 9.59 Å². The van der Waals surface area contributed by atoms with Crippen molar-refractivity contribution in [2.75, 3.05) is 19.6 Å². The lowest BCUT2D eigenvalue weighted by molar-refractivity contribution is -0.124. The molecule has 2 amide bonds. The van der Waals surface area contributed by atoms with Gasteiger partial charge in [0, 0.05) is 25.6 Å². The second-order valence-electron chi connectivity index (χ2n) is 6.13. The Bertz CT molecular complexity index is 593. The van der Waals surface area contributed by atoms with Crippen molar-refractivity contribution in [2.45, 2.75) is 26.7 Å². The van der Waals surface area contributed by atoms with Crippen LogP contribution >= 0.6 is 0 Å². The molecule has 1 saturated heterocycles. The van der Waals surface area contributed by atoms with E-state index in [2.05, 4.69) is 5.32 Å². The first-order valence-corrected chi connectivity index (χ1v) is 7.78. The Morgan fingerprint density at radius 3 is 2.65 bits per heavy atom. The molecule has 1 atom stereocenters. The van der Waals surface area contributed by atoms with E-state index in [1.807, 2.05) is 13.8 Å². The summed E-state index contributed by atoms with van der Waals surface area (Å²) >= 11 is 0. The van der Waals surface area contributed by atoms with Crippen LogP contribution in [0.15, 0.2) is 16.5 Å². The fraction of sp³-hybridized carbons (Fsp3) is 0.562. The molecule has 1 unspecified atom stereocenters. The minimum atomic E-state index is -1.20. The number of aromatic carboxylic acids is 1. The summed E-state index contributed by atoms with van der Waals surface area (Å²) in [5.41, 5.74) is 0.